The van der Waals surface area contributed by atoms with E-state index >= 15 is 0 Å². The Balaban J connectivity index is 1.53. The smallest absolute Gasteiger partial charge is 0.254 e. The van der Waals surface area contributed by atoms with Gasteiger partial charge in [0.2, 0.25) is 0 Å². The van der Waals surface area contributed by atoms with Gasteiger partial charge in [-0.15, -0.1) is 0 Å². The molecule has 3 aliphatic heterocycles. The van der Waals surface area contributed by atoms with Crippen LogP contribution in [0.5, 0.6) is 0 Å². The van der Waals surface area contributed by atoms with E-state index in [1.807, 2.05) is 28.0 Å². The molecule has 0 spiro atoms. The van der Waals surface area contributed by atoms with Crippen LogP contribution in [0.1, 0.15) is 52.5 Å². The molecule has 2 saturated heterocycles. The summed E-state index contributed by atoms with van der Waals surface area (Å²) in [6.07, 6.45) is 3.21. The third-order valence-electron chi connectivity index (χ3n) is 6.12. The van der Waals surface area contributed by atoms with Crippen molar-refractivity contribution in [2.24, 2.45) is 0 Å². The predicted octanol–water partition coefficient (Wildman–Crippen LogP) is 1.99. The van der Waals surface area contributed by atoms with Crippen LogP contribution in [0.4, 0.5) is 0 Å². The van der Waals surface area contributed by atoms with Crippen LogP contribution in [0.3, 0.4) is 0 Å². The quantitative estimate of drug-likeness (QED) is 0.812. The molecule has 27 heavy (non-hydrogen) atoms. The Morgan fingerprint density at radius 2 is 2.07 bits per heavy atom. The largest absolute Gasteiger partial charge is 0.380 e. The normalized spacial score (nSPS) is 23.6. The van der Waals surface area contributed by atoms with Crippen LogP contribution < -0.4 is 0 Å². The zero-order valence-electron chi connectivity index (χ0n) is 16.2. The van der Waals surface area contributed by atoms with Crippen LogP contribution in [0.25, 0.3) is 0 Å². The maximum atomic E-state index is 13.1. The van der Waals surface area contributed by atoms with Crippen molar-refractivity contribution in [2.75, 3.05) is 45.9 Å². The first kappa shape index (κ1) is 18.4. The summed E-state index contributed by atoms with van der Waals surface area (Å²) in [5, 5.41) is 0. The number of likely N-dealkylation sites (tertiary alicyclic amines) is 1. The number of carbonyl (C=O) groups excluding carboxylic acids is 2. The number of hydrogen-bond acceptors (Lipinski definition) is 4. The average Bonchev–Trinajstić information content (AvgIpc) is 3.14. The van der Waals surface area contributed by atoms with Crippen molar-refractivity contribution in [2.45, 2.75) is 38.8 Å². The molecule has 0 aromatic heterocycles. The number of likely N-dealkylation sites (N-methyl/N-ethyl adjacent to an activating group) is 1. The molecule has 4 rings (SSSR count). The highest BCUT2D eigenvalue weighted by Crippen LogP contribution is 2.29. The Morgan fingerprint density at radius 3 is 2.93 bits per heavy atom. The number of fused-ring (bicyclic) bond motifs is 1. The van der Waals surface area contributed by atoms with Crippen molar-refractivity contribution in [1.29, 1.82) is 0 Å². The Labute approximate surface area is 161 Å². The molecule has 0 radical (unpaired) electrons. The lowest BCUT2D eigenvalue weighted by Gasteiger charge is -2.27. The molecule has 1 aromatic rings. The first-order valence-corrected chi connectivity index (χ1v) is 10.2. The van der Waals surface area contributed by atoms with E-state index in [1.165, 1.54) is 6.42 Å². The fourth-order valence-electron chi connectivity index (χ4n) is 4.63. The van der Waals surface area contributed by atoms with E-state index in [2.05, 4.69) is 11.8 Å². The highest BCUT2D eigenvalue weighted by atomic mass is 16.5. The minimum Gasteiger partial charge on any atom is -0.380 e. The van der Waals surface area contributed by atoms with E-state index in [4.69, 9.17) is 4.74 Å². The van der Waals surface area contributed by atoms with E-state index in [1.54, 1.807) is 0 Å². The summed E-state index contributed by atoms with van der Waals surface area (Å²) in [5.74, 6) is 0.102. The first-order valence-electron chi connectivity index (χ1n) is 10.2. The van der Waals surface area contributed by atoms with Gasteiger partial charge < -0.3 is 14.5 Å². The van der Waals surface area contributed by atoms with Crippen molar-refractivity contribution >= 4 is 11.8 Å². The second-order valence-electron chi connectivity index (χ2n) is 7.70. The molecular weight excluding hydrogens is 342 g/mol. The van der Waals surface area contributed by atoms with Crippen LogP contribution >= 0.6 is 0 Å². The lowest BCUT2D eigenvalue weighted by Crippen LogP contribution is -2.40. The van der Waals surface area contributed by atoms with Gasteiger partial charge in [-0.05, 0) is 50.0 Å². The summed E-state index contributed by atoms with van der Waals surface area (Å²) in [6.45, 7) is 8.26. The van der Waals surface area contributed by atoms with Crippen molar-refractivity contribution in [3.63, 3.8) is 0 Å². The second-order valence-corrected chi connectivity index (χ2v) is 7.70. The lowest BCUT2D eigenvalue weighted by molar-refractivity contribution is 0.0719. The number of ether oxygens (including phenoxy) is 1. The zero-order chi connectivity index (χ0) is 18.8. The van der Waals surface area contributed by atoms with Gasteiger partial charge in [-0.1, -0.05) is 13.0 Å². The molecule has 0 saturated carbocycles. The highest BCUT2D eigenvalue weighted by molar-refractivity contribution is 6.04. The Morgan fingerprint density at radius 1 is 1.19 bits per heavy atom. The topological polar surface area (TPSA) is 53.1 Å². The maximum Gasteiger partial charge on any atom is 0.254 e. The van der Waals surface area contributed by atoms with Crippen LogP contribution in [-0.4, -0.2) is 78.5 Å². The number of nitrogens with zero attached hydrogens (tertiary/aromatic N) is 3. The molecule has 0 N–H and O–H groups in total. The molecular formula is C21H29N3O3. The number of hydrogen-bond donors (Lipinski definition) is 0. The third-order valence-corrected chi connectivity index (χ3v) is 6.12. The lowest BCUT2D eigenvalue weighted by atomic mass is 10.0. The summed E-state index contributed by atoms with van der Waals surface area (Å²) >= 11 is 0. The van der Waals surface area contributed by atoms with Gasteiger partial charge in [0.1, 0.15) is 0 Å². The van der Waals surface area contributed by atoms with Gasteiger partial charge in [0, 0.05) is 50.0 Å². The average molecular weight is 371 g/mol. The zero-order valence-corrected chi connectivity index (χ0v) is 16.2. The van der Waals surface area contributed by atoms with E-state index < -0.39 is 0 Å². The van der Waals surface area contributed by atoms with Gasteiger partial charge in [0.15, 0.2) is 0 Å². The molecule has 1 atom stereocenters. The minimum absolute atomic E-state index is 0.0306. The molecule has 0 bridgehead atoms. The van der Waals surface area contributed by atoms with E-state index in [-0.39, 0.29) is 11.8 Å². The first-order chi connectivity index (χ1) is 13.2. The molecule has 0 aliphatic carbocycles. The van der Waals surface area contributed by atoms with Gasteiger partial charge in [-0.25, -0.2) is 0 Å². The Hall–Kier alpha value is -1.92. The van der Waals surface area contributed by atoms with Gasteiger partial charge in [-0.2, -0.15) is 0 Å². The second kappa shape index (κ2) is 7.98. The summed E-state index contributed by atoms with van der Waals surface area (Å²) < 4.78 is 5.47. The standard InChI is InChI=1S/C21H29N3O3/c1-2-22-9-4-6-16(22)14-24-15-19-17(7-3-8-18(19)21(24)26)20(25)23-10-5-12-27-13-11-23/h3,7-8,16H,2,4-6,9-15H2,1H3. The van der Waals surface area contributed by atoms with Crippen molar-refractivity contribution in [1.82, 2.24) is 14.7 Å². The van der Waals surface area contributed by atoms with Crippen LogP contribution in [0, 0.1) is 0 Å². The monoisotopic (exact) mass is 371 g/mol. The van der Waals surface area contributed by atoms with E-state index in [0.717, 1.165) is 38.0 Å². The minimum atomic E-state index is 0.0306. The van der Waals surface area contributed by atoms with Crippen molar-refractivity contribution in [3.05, 3.63) is 34.9 Å². The highest BCUT2D eigenvalue weighted by Gasteiger charge is 2.35. The van der Waals surface area contributed by atoms with Gasteiger partial charge in [0.05, 0.1) is 6.61 Å². The van der Waals surface area contributed by atoms with Gasteiger partial charge in [0.25, 0.3) is 11.8 Å². The predicted molar refractivity (Wildman–Crippen MR) is 103 cm³/mol. The van der Waals surface area contributed by atoms with E-state index in [0.29, 0.717) is 50.0 Å². The number of benzene rings is 1. The number of amides is 2. The number of rotatable bonds is 4. The number of carbonyl (C=O) groups is 2. The molecule has 2 amide bonds. The van der Waals surface area contributed by atoms with Crippen molar-refractivity contribution < 1.29 is 14.3 Å². The summed E-state index contributed by atoms with van der Waals surface area (Å²) in [6, 6.07) is 6.02. The molecule has 3 heterocycles. The summed E-state index contributed by atoms with van der Waals surface area (Å²) in [5.41, 5.74) is 2.29. The molecule has 6 heteroatoms. The Bertz CT molecular complexity index is 713. The maximum absolute atomic E-state index is 13.1. The van der Waals surface area contributed by atoms with Gasteiger partial charge >= 0.3 is 0 Å². The molecule has 1 unspecified atom stereocenters. The van der Waals surface area contributed by atoms with E-state index in [9.17, 15) is 9.59 Å². The fraction of sp³-hybridized carbons (Fsp3) is 0.619. The van der Waals surface area contributed by atoms with Gasteiger partial charge in [-0.3, -0.25) is 14.5 Å². The molecule has 6 nitrogen and oxygen atoms in total. The van der Waals surface area contributed by atoms with Crippen LogP contribution in [0.2, 0.25) is 0 Å². The van der Waals surface area contributed by atoms with Crippen LogP contribution in [-0.2, 0) is 11.3 Å². The Kier molecular flexibility index (Phi) is 5.45. The third kappa shape index (κ3) is 3.60. The molecule has 146 valence electrons. The molecule has 2 fully saturated rings. The SMILES string of the molecule is CCN1CCCC1CN1Cc2c(C(=O)N3CCCOCC3)cccc2C1=O. The fourth-order valence-corrected chi connectivity index (χ4v) is 4.63. The summed E-state index contributed by atoms with van der Waals surface area (Å²) in [7, 11) is 0. The summed E-state index contributed by atoms with van der Waals surface area (Å²) in [4.78, 5) is 32.3. The van der Waals surface area contributed by atoms with Crippen molar-refractivity contribution in [3.8, 4) is 0 Å². The molecule has 1 aromatic carbocycles. The van der Waals surface area contributed by atoms with Crippen LogP contribution in [0.15, 0.2) is 18.2 Å². The molecule has 3 aliphatic rings.